The first kappa shape index (κ1) is 16.7. The van der Waals surface area contributed by atoms with E-state index in [1.165, 1.54) is 6.07 Å². The minimum absolute atomic E-state index is 0.286. The van der Waals surface area contributed by atoms with Gasteiger partial charge in [0, 0.05) is 17.2 Å². The summed E-state index contributed by atoms with van der Waals surface area (Å²) in [4.78, 5) is 4.30. The van der Waals surface area contributed by atoms with E-state index in [4.69, 9.17) is 11.6 Å². The van der Waals surface area contributed by atoms with Crippen molar-refractivity contribution in [3.05, 3.63) is 90.3 Å². The Balaban J connectivity index is 1.69. The number of hydrogen-bond acceptors (Lipinski definition) is 1. The van der Waals surface area contributed by atoms with Crippen LogP contribution in [-0.4, -0.2) is 11.8 Å². The van der Waals surface area contributed by atoms with E-state index in [1.807, 2.05) is 47.8 Å². The maximum Gasteiger partial charge on any atom is 0.297 e. The zero-order valence-electron chi connectivity index (χ0n) is 14.0. The van der Waals surface area contributed by atoms with Crippen molar-refractivity contribution in [2.45, 2.75) is 0 Å². The fourth-order valence-corrected chi connectivity index (χ4v) is 3.23. The Morgan fingerprint density at radius 1 is 0.769 bits per heavy atom. The van der Waals surface area contributed by atoms with Crippen LogP contribution in [0, 0.1) is 5.82 Å². The van der Waals surface area contributed by atoms with Crippen molar-refractivity contribution in [3.63, 3.8) is 0 Å². The zero-order valence-corrected chi connectivity index (χ0v) is 14.7. The molecule has 0 aliphatic carbocycles. The summed E-state index contributed by atoms with van der Waals surface area (Å²) in [7, 11) is 0. The predicted octanol–water partition coefficient (Wildman–Crippen LogP) is 4.67. The van der Waals surface area contributed by atoms with Crippen LogP contribution in [-0.2, 0) is 0 Å². The van der Waals surface area contributed by atoms with Crippen LogP contribution >= 0.6 is 11.6 Å². The Bertz CT molecular complexity index is 992. The smallest absolute Gasteiger partial charge is 0.283 e. The van der Waals surface area contributed by atoms with Crippen LogP contribution in [0.1, 0.15) is 5.56 Å². The molecule has 128 valence electrons. The lowest BCUT2D eigenvalue weighted by Gasteiger charge is -2.10. The molecule has 2 nitrogen and oxygen atoms in total. The molecule has 0 saturated heterocycles. The third-order valence-corrected chi connectivity index (χ3v) is 4.58. The second kappa shape index (κ2) is 7.24. The van der Waals surface area contributed by atoms with Crippen molar-refractivity contribution in [1.29, 1.82) is 0 Å². The minimum atomic E-state index is -0.286. The van der Waals surface area contributed by atoms with Crippen molar-refractivity contribution in [3.8, 4) is 22.3 Å². The Labute approximate surface area is 156 Å². The van der Waals surface area contributed by atoms with Crippen molar-refractivity contribution >= 4 is 22.6 Å². The summed E-state index contributed by atoms with van der Waals surface area (Å²) in [6.07, 6.45) is 1.95. The lowest BCUT2D eigenvalue weighted by molar-refractivity contribution is -0.524. The van der Waals surface area contributed by atoms with E-state index >= 15 is 0 Å². The van der Waals surface area contributed by atoms with Crippen LogP contribution in [0.2, 0.25) is 0 Å². The zero-order chi connectivity index (χ0) is 17.9. The molecule has 26 heavy (non-hydrogen) atoms. The molecule has 0 aromatic heterocycles. The number of halogens is 2. The Morgan fingerprint density at radius 3 is 2.08 bits per heavy atom. The van der Waals surface area contributed by atoms with Crippen molar-refractivity contribution in [1.82, 2.24) is 0 Å². The third kappa shape index (κ3) is 3.59. The van der Waals surface area contributed by atoms with Gasteiger partial charge in [-0.1, -0.05) is 54.6 Å². The number of benzene rings is 3. The van der Waals surface area contributed by atoms with E-state index in [9.17, 15) is 4.39 Å². The van der Waals surface area contributed by atoms with Crippen LogP contribution in [0.25, 0.3) is 28.0 Å². The van der Waals surface area contributed by atoms with Gasteiger partial charge in [0.25, 0.3) is 5.29 Å². The number of hydrogen-bond donors (Lipinski definition) is 1. The average Bonchev–Trinajstić information content (AvgIpc) is 2.68. The molecule has 0 atom stereocenters. The summed E-state index contributed by atoms with van der Waals surface area (Å²) in [5.41, 5.74) is 5.52. The van der Waals surface area contributed by atoms with Gasteiger partial charge in [0.05, 0.1) is 5.70 Å². The first-order chi connectivity index (χ1) is 12.7. The molecule has 0 fully saturated rings. The highest BCUT2D eigenvalue weighted by molar-refractivity contribution is 6.62. The SMILES string of the molecule is Fc1cc(C2=CC[NH2+]C(Cl)=N2)cc(-c2ccc(-c3ccccc3)cc2)c1. The monoisotopic (exact) mass is 363 g/mol. The molecular formula is C22H17ClFN2+. The predicted molar refractivity (Wildman–Crippen MR) is 105 cm³/mol. The summed E-state index contributed by atoms with van der Waals surface area (Å²) in [5, 5.41) is 2.27. The largest absolute Gasteiger partial charge is 0.297 e. The number of rotatable bonds is 3. The molecule has 0 unspecified atom stereocenters. The van der Waals surface area contributed by atoms with E-state index in [1.54, 1.807) is 6.07 Å². The van der Waals surface area contributed by atoms with Crippen molar-refractivity contribution in [2.24, 2.45) is 4.99 Å². The summed E-state index contributed by atoms with van der Waals surface area (Å²) >= 11 is 5.99. The highest BCUT2D eigenvalue weighted by Gasteiger charge is 2.12. The van der Waals surface area contributed by atoms with Gasteiger partial charge in [0.15, 0.2) is 0 Å². The molecule has 0 saturated carbocycles. The molecule has 3 aromatic carbocycles. The fourth-order valence-electron chi connectivity index (χ4n) is 3.05. The van der Waals surface area contributed by atoms with Gasteiger partial charge in [-0.3, -0.25) is 5.32 Å². The van der Waals surface area contributed by atoms with Gasteiger partial charge in [0.2, 0.25) is 0 Å². The second-order valence-corrected chi connectivity index (χ2v) is 6.52. The summed E-state index contributed by atoms with van der Waals surface area (Å²) in [6.45, 7) is 0.704. The molecule has 0 radical (unpaired) electrons. The average molecular weight is 364 g/mol. The van der Waals surface area contributed by atoms with Crippen LogP contribution < -0.4 is 5.32 Å². The van der Waals surface area contributed by atoms with Crippen LogP contribution in [0.4, 0.5) is 4.39 Å². The molecule has 1 aliphatic rings. The van der Waals surface area contributed by atoms with E-state index in [-0.39, 0.29) is 5.82 Å². The molecular weight excluding hydrogens is 347 g/mol. The van der Waals surface area contributed by atoms with Gasteiger partial charge in [-0.15, -0.1) is 0 Å². The normalized spacial score (nSPS) is 13.9. The molecule has 0 spiro atoms. The van der Waals surface area contributed by atoms with Crippen LogP contribution in [0.3, 0.4) is 0 Å². The lowest BCUT2D eigenvalue weighted by atomic mass is 9.98. The maximum atomic E-state index is 14.2. The fraction of sp³-hybridized carbons (Fsp3) is 0.0455. The molecule has 2 N–H and O–H groups in total. The molecule has 0 bridgehead atoms. The summed E-state index contributed by atoms with van der Waals surface area (Å²) in [6, 6.07) is 23.3. The first-order valence-corrected chi connectivity index (χ1v) is 8.81. The third-order valence-electron chi connectivity index (χ3n) is 4.34. The molecule has 4 rings (SSSR count). The number of amidine groups is 1. The molecule has 0 amide bonds. The van der Waals surface area contributed by atoms with Crippen molar-refractivity contribution in [2.75, 3.05) is 6.54 Å². The number of nitrogens with two attached hydrogens (primary N) is 1. The van der Waals surface area contributed by atoms with Gasteiger partial charge in [-0.25, -0.2) is 4.39 Å². The second-order valence-electron chi connectivity index (χ2n) is 6.14. The minimum Gasteiger partial charge on any atom is -0.283 e. The number of aliphatic imine (C=N–C) groups is 1. The maximum absolute atomic E-state index is 14.2. The molecule has 3 aromatic rings. The van der Waals surface area contributed by atoms with Crippen molar-refractivity contribution < 1.29 is 9.71 Å². The quantitative estimate of drug-likeness (QED) is 0.655. The number of nitrogens with zero attached hydrogens (tertiary/aromatic N) is 1. The lowest BCUT2D eigenvalue weighted by Crippen LogP contribution is -2.87. The summed E-state index contributed by atoms with van der Waals surface area (Å²) < 4.78 is 14.2. The molecule has 1 aliphatic heterocycles. The van der Waals surface area contributed by atoms with Crippen LogP contribution in [0.15, 0.2) is 83.9 Å². The van der Waals surface area contributed by atoms with E-state index in [0.29, 0.717) is 17.5 Å². The van der Waals surface area contributed by atoms with E-state index in [0.717, 1.165) is 27.8 Å². The highest BCUT2D eigenvalue weighted by Crippen LogP contribution is 2.28. The molecule has 1 heterocycles. The standard InChI is InChI=1S/C22H16ClFN2/c23-22-25-11-10-21(26-22)19-12-18(13-20(24)14-19)17-8-6-16(7-9-17)15-4-2-1-3-5-15/h1-10,12-14H,11H2,(H,25,26)/p+1. The van der Waals surface area contributed by atoms with Gasteiger partial charge in [-0.2, -0.15) is 4.99 Å². The van der Waals surface area contributed by atoms with Gasteiger partial charge in [0.1, 0.15) is 12.4 Å². The topological polar surface area (TPSA) is 29.0 Å². The van der Waals surface area contributed by atoms with Gasteiger partial charge >= 0.3 is 0 Å². The Hall–Kier alpha value is -2.75. The van der Waals surface area contributed by atoms with E-state index in [2.05, 4.69) is 29.3 Å². The highest BCUT2D eigenvalue weighted by atomic mass is 35.5. The van der Waals surface area contributed by atoms with Gasteiger partial charge < -0.3 is 0 Å². The Kier molecular flexibility index (Phi) is 4.65. The number of quaternary nitrogens is 1. The Morgan fingerprint density at radius 2 is 1.38 bits per heavy atom. The van der Waals surface area contributed by atoms with Crippen LogP contribution in [0.5, 0.6) is 0 Å². The van der Waals surface area contributed by atoms with E-state index < -0.39 is 0 Å². The molecule has 4 heteroatoms. The van der Waals surface area contributed by atoms with Gasteiger partial charge in [-0.05, 0) is 46.5 Å². The summed E-state index contributed by atoms with van der Waals surface area (Å²) in [5.74, 6) is -0.286. The first-order valence-electron chi connectivity index (χ1n) is 8.43.